The molecule has 2 aromatic carbocycles. The Morgan fingerprint density at radius 2 is 1.64 bits per heavy atom. The molecule has 6 nitrogen and oxygen atoms in total. The molecule has 0 bridgehead atoms. The van der Waals surface area contributed by atoms with Gasteiger partial charge in [0, 0.05) is 11.6 Å². The zero-order valence-corrected chi connectivity index (χ0v) is 17.7. The first-order valence-corrected chi connectivity index (χ1v) is 10.8. The summed E-state index contributed by atoms with van der Waals surface area (Å²) < 4.78 is 32.9. The molecule has 0 heterocycles. The maximum absolute atomic E-state index is 12.6. The molecule has 1 amide bonds. The van der Waals surface area contributed by atoms with Crippen LogP contribution < -0.4 is 14.8 Å². The van der Waals surface area contributed by atoms with Crippen LogP contribution in [0.5, 0.6) is 5.75 Å². The zero-order chi connectivity index (χ0) is 20.9. The first kappa shape index (κ1) is 21.9. The Morgan fingerprint density at radius 1 is 0.964 bits per heavy atom. The van der Waals surface area contributed by atoms with Gasteiger partial charge in [-0.05, 0) is 70.5 Å². The lowest BCUT2D eigenvalue weighted by Gasteiger charge is -2.17. The molecule has 1 unspecified atom stereocenters. The highest BCUT2D eigenvalue weighted by Crippen LogP contribution is 2.21. The Bertz CT molecular complexity index is 924. The van der Waals surface area contributed by atoms with E-state index in [-0.39, 0.29) is 34.6 Å². The average molecular weight is 405 g/mol. The van der Waals surface area contributed by atoms with Crippen LogP contribution in [0.1, 0.15) is 56.6 Å². The van der Waals surface area contributed by atoms with E-state index in [0.717, 1.165) is 11.3 Å². The topological polar surface area (TPSA) is 84.5 Å². The van der Waals surface area contributed by atoms with Gasteiger partial charge in [-0.1, -0.05) is 18.2 Å². The second-order valence-electron chi connectivity index (χ2n) is 7.24. The smallest absolute Gasteiger partial charge is 0.251 e. The van der Waals surface area contributed by atoms with Gasteiger partial charge in [-0.2, -0.15) is 0 Å². The van der Waals surface area contributed by atoms with Gasteiger partial charge in [-0.25, -0.2) is 13.1 Å². The van der Waals surface area contributed by atoms with E-state index in [9.17, 15) is 13.2 Å². The predicted octanol–water partition coefficient (Wildman–Crippen LogP) is 3.65. The van der Waals surface area contributed by atoms with E-state index >= 15 is 0 Å². The van der Waals surface area contributed by atoms with E-state index in [4.69, 9.17) is 4.74 Å². The van der Waals surface area contributed by atoms with Crippen LogP contribution in [0.15, 0.2) is 53.4 Å². The van der Waals surface area contributed by atoms with Gasteiger partial charge in [0.25, 0.3) is 5.91 Å². The minimum Gasteiger partial charge on any atom is -0.491 e. The van der Waals surface area contributed by atoms with Crippen molar-refractivity contribution in [3.63, 3.8) is 0 Å². The van der Waals surface area contributed by atoms with E-state index < -0.39 is 10.0 Å². The first-order chi connectivity index (χ1) is 13.1. The molecule has 152 valence electrons. The minimum absolute atomic E-state index is 0.0595. The van der Waals surface area contributed by atoms with Gasteiger partial charge >= 0.3 is 0 Å². The fraction of sp³-hybridized carbons (Fsp3) is 0.381. The lowest BCUT2D eigenvalue weighted by Crippen LogP contribution is -2.31. The number of nitrogens with one attached hydrogen (secondary N) is 2. The first-order valence-electron chi connectivity index (χ1n) is 9.28. The van der Waals surface area contributed by atoms with Gasteiger partial charge in [-0.15, -0.1) is 0 Å². The molecule has 2 N–H and O–H groups in total. The molecule has 0 spiro atoms. The molecule has 0 aliphatic carbocycles. The lowest BCUT2D eigenvalue weighted by atomic mass is 10.1. The number of hydrogen-bond acceptors (Lipinski definition) is 4. The number of hydrogen-bond donors (Lipinski definition) is 2. The monoisotopic (exact) mass is 404 g/mol. The number of sulfonamides is 1. The summed E-state index contributed by atoms with van der Waals surface area (Å²) in [5.74, 6) is 0.394. The minimum atomic E-state index is -3.66. The quantitative estimate of drug-likeness (QED) is 0.703. The van der Waals surface area contributed by atoms with Crippen molar-refractivity contribution in [2.24, 2.45) is 0 Å². The lowest BCUT2D eigenvalue weighted by molar-refractivity contribution is 0.0939. The van der Waals surface area contributed by atoms with Crippen LogP contribution in [0.25, 0.3) is 0 Å². The van der Waals surface area contributed by atoms with Crippen molar-refractivity contribution < 1.29 is 17.9 Å². The van der Waals surface area contributed by atoms with Crippen LogP contribution in [-0.4, -0.2) is 26.5 Å². The van der Waals surface area contributed by atoms with E-state index in [1.165, 1.54) is 12.1 Å². The van der Waals surface area contributed by atoms with Gasteiger partial charge in [0.2, 0.25) is 10.0 Å². The fourth-order valence-corrected chi connectivity index (χ4v) is 3.97. The molecule has 0 aromatic heterocycles. The molecule has 2 rings (SSSR count). The van der Waals surface area contributed by atoms with E-state index in [1.807, 2.05) is 45.0 Å². The highest BCUT2D eigenvalue weighted by molar-refractivity contribution is 7.89. The van der Waals surface area contributed by atoms with Crippen molar-refractivity contribution >= 4 is 15.9 Å². The molecule has 1 atom stereocenters. The van der Waals surface area contributed by atoms with Gasteiger partial charge in [0.1, 0.15) is 5.75 Å². The van der Waals surface area contributed by atoms with E-state index in [0.29, 0.717) is 0 Å². The summed E-state index contributed by atoms with van der Waals surface area (Å²) in [6.07, 6.45) is 0.0595. The predicted molar refractivity (Wildman–Crippen MR) is 110 cm³/mol. The summed E-state index contributed by atoms with van der Waals surface area (Å²) in [6.45, 7) is 9.26. The Labute approximate surface area is 167 Å². The summed E-state index contributed by atoms with van der Waals surface area (Å²) in [4.78, 5) is 12.7. The number of carbonyl (C=O) groups excluding carboxylic acids is 1. The molecule has 2 aromatic rings. The highest BCUT2D eigenvalue weighted by atomic mass is 32.2. The second-order valence-corrected chi connectivity index (χ2v) is 8.95. The number of benzene rings is 2. The van der Waals surface area contributed by atoms with Crippen molar-refractivity contribution in [1.29, 1.82) is 0 Å². The zero-order valence-electron chi connectivity index (χ0n) is 16.9. The second kappa shape index (κ2) is 9.21. The van der Waals surface area contributed by atoms with Crippen LogP contribution in [0.2, 0.25) is 0 Å². The maximum atomic E-state index is 12.6. The van der Waals surface area contributed by atoms with Crippen LogP contribution in [0.3, 0.4) is 0 Å². The van der Waals surface area contributed by atoms with Gasteiger partial charge in [-0.3, -0.25) is 4.79 Å². The molecular formula is C21H28N2O4S. The summed E-state index contributed by atoms with van der Waals surface area (Å²) in [5, 5.41) is 2.90. The van der Waals surface area contributed by atoms with Crippen LogP contribution in [-0.2, 0) is 10.0 Å². The van der Waals surface area contributed by atoms with Gasteiger partial charge in [0.05, 0.1) is 17.0 Å². The Balaban J connectivity index is 2.16. The van der Waals surface area contributed by atoms with Crippen molar-refractivity contribution in [2.45, 2.75) is 57.7 Å². The third-order valence-corrected chi connectivity index (χ3v) is 5.53. The van der Waals surface area contributed by atoms with Crippen LogP contribution in [0.4, 0.5) is 0 Å². The van der Waals surface area contributed by atoms with Crippen molar-refractivity contribution in [3.8, 4) is 5.75 Å². The van der Waals surface area contributed by atoms with Gasteiger partial charge < -0.3 is 10.1 Å². The van der Waals surface area contributed by atoms with Crippen molar-refractivity contribution in [1.82, 2.24) is 10.0 Å². The molecule has 0 fully saturated rings. The molecule has 0 saturated carbocycles. The largest absolute Gasteiger partial charge is 0.491 e. The number of rotatable bonds is 8. The highest BCUT2D eigenvalue weighted by Gasteiger charge is 2.18. The van der Waals surface area contributed by atoms with E-state index in [2.05, 4.69) is 10.0 Å². The van der Waals surface area contributed by atoms with Crippen LogP contribution >= 0.6 is 0 Å². The third-order valence-electron chi connectivity index (χ3n) is 3.87. The SMILES string of the molecule is CC(C)NS(=O)(=O)c1cccc(C(=O)NC(C)c2cccc(OC(C)C)c2)c1. The molecule has 7 heteroatoms. The molecular weight excluding hydrogens is 376 g/mol. The summed E-state index contributed by atoms with van der Waals surface area (Å²) in [6, 6.07) is 13.0. The molecule has 0 saturated heterocycles. The maximum Gasteiger partial charge on any atom is 0.251 e. The van der Waals surface area contributed by atoms with Gasteiger partial charge in [0.15, 0.2) is 0 Å². The Morgan fingerprint density at radius 3 is 2.29 bits per heavy atom. The molecule has 0 aliphatic heterocycles. The molecule has 0 radical (unpaired) electrons. The number of amides is 1. The standard InChI is InChI=1S/C21H28N2O4S/c1-14(2)23-28(25,26)20-11-7-9-18(13-20)21(24)22-16(5)17-8-6-10-19(12-17)27-15(3)4/h6-16,23H,1-5H3,(H,22,24). The average Bonchev–Trinajstić information content (AvgIpc) is 2.60. The third kappa shape index (κ3) is 6.07. The Kier molecular flexibility index (Phi) is 7.21. The summed E-state index contributed by atoms with van der Waals surface area (Å²) in [7, 11) is -3.66. The van der Waals surface area contributed by atoms with Crippen molar-refractivity contribution in [2.75, 3.05) is 0 Å². The van der Waals surface area contributed by atoms with E-state index in [1.54, 1.807) is 26.0 Å². The van der Waals surface area contributed by atoms with Crippen molar-refractivity contribution in [3.05, 3.63) is 59.7 Å². The van der Waals surface area contributed by atoms with Crippen LogP contribution in [0, 0.1) is 0 Å². The molecule has 28 heavy (non-hydrogen) atoms. The fourth-order valence-electron chi connectivity index (χ4n) is 2.68. The Hall–Kier alpha value is -2.38. The number of ether oxygens (including phenoxy) is 1. The summed E-state index contributed by atoms with van der Waals surface area (Å²) in [5.41, 5.74) is 1.19. The normalized spacial score (nSPS) is 12.8. The summed E-state index contributed by atoms with van der Waals surface area (Å²) >= 11 is 0. The number of carbonyl (C=O) groups is 1. The molecule has 0 aliphatic rings.